The molecule has 2 heterocycles. The molecule has 5 rings (SSSR count). The van der Waals surface area contributed by atoms with Crippen molar-refractivity contribution >= 4 is 16.6 Å². The van der Waals surface area contributed by atoms with Crippen molar-refractivity contribution in [3.8, 4) is 11.3 Å². The van der Waals surface area contributed by atoms with Gasteiger partial charge in [0.05, 0.1) is 13.0 Å². The van der Waals surface area contributed by atoms with Crippen LogP contribution in [0.3, 0.4) is 0 Å². The highest BCUT2D eigenvalue weighted by molar-refractivity contribution is 6.07. The Morgan fingerprint density at radius 3 is 2.54 bits per heavy atom. The summed E-state index contributed by atoms with van der Waals surface area (Å²) < 4.78 is 4.52. The normalized spacial score (nSPS) is 12.6. The fourth-order valence-electron chi connectivity index (χ4n) is 4.19. The van der Waals surface area contributed by atoms with E-state index >= 15 is 0 Å². The van der Waals surface area contributed by atoms with E-state index in [2.05, 4.69) is 51.7 Å². The Morgan fingerprint density at radius 1 is 0.929 bits per heavy atom. The molecule has 4 aromatic rings. The molecular weight excluding hydrogens is 412 g/mol. The second-order valence-electron chi connectivity index (χ2n) is 7.13. The molecule has 3 aromatic carbocycles. The molecule has 140 valence electrons. The van der Waals surface area contributed by atoms with Crippen molar-refractivity contribution in [3.05, 3.63) is 90.4 Å². The van der Waals surface area contributed by atoms with Crippen LogP contribution < -0.4 is 21.5 Å². The summed E-state index contributed by atoms with van der Waals surface area (Å²) >= 11 is 0. The van der Waals surface area contributed by atoms with E-state index in [0.29, 0.717) is 6.54 Å². The predicted molar refractivity (Wildman–Crippen MR) is 107 cm³/mol. The molecule has 28 heavy (non-hydrogen) atoms. The molecule has 1 aromatic heterocycles. The maximum Gasteiger partial charge on any atom is 0.257 e. The second-order valence-corrected chi connectivity index (χ2v) is 7.13. The molecule has 0 unspecified atom stereocenters. The van der Waals surface area contributed by atoms with Crippen molar-refractivity contribution in [3.63, 3.8) is 0 Å². The van der Waals surface area contributed by atoms with E-state index in [0.717, 1.165) is 35.7 Å². The molecule has 0 spiro atoms. The summed E-state index contributed by atoms with van der Waals surface area (Å²) in [6, 6.07) is 24.5. The number of halogens is 1. The first kappa shape index (κ1) is 18.6. The third-order valence-corrected chi connectivity index (χ3v) is 5.47. The maximum atomic E-state index is 13.1. The zero-order valence-electron chi connectivity index (χ0n) is 15.5. The fourth-order valence-corrected chi connectivity index (χ4v) is 4.19. The standard InChI is InChI=1S/C24H21N2O.BrH/c27-23(21-13-6-11-18-8-4-5-12-20(18)21)17-25-16-22(19-9-2-1-3-10-19)26-15-7-14-24(25)26;/h1-6,8-13,16H,7,14-15,17H2;1H/q+1;/p-1. The van der Waals surface area contributed by atoms with Crippen molar-refractivity contribution in [1.82, 2.24) is 4.57 Å². The summed E-state index contributed by atoms with van der Waals surface area (Å²) in [5, 5.41) is 2.14. The van der Waals surface area contributed by atoms with Crippen molar-refractivity contribution < 1.29 is 26.3 Å². The summed E-state index contributed by atoms with van der Waals surface area (Å²) in [5.74, 6) is 1.42. The van der Waals surface area contributed by atoms with E-state index in [1.54, 1.807) is 0 Å². The first-order valence-corrected chi connectivity index (χ1v) is 9.49. The summed E-state index contributed by atoms with van der Waals surface area (Å²) in [6.07, 6.45) is 4.31. The number of imidazole rings is 1. The Bertz CT molecular complexity index is 1140. The second kappa shape index (κ2) is 7.72. The van der Waals surface area contributed by atoms with Crippen molar-refractivity contribution in [2.75, 3.05) is 0 Å². The molecule has 0 atom stereocenters. The highest BCUT2D eigenvalue weighted by Crippen LogP contribution is 2.25. The van der Waals surface area contributed by atoms with Gasteiger partial charge in [-0.05, 0) is 17.2 Å². The molecule has 0 saturated heterocycles. The number of rotatable bonds is 4. The van der Waals surface area contributed by atoms with Crippen LogP contribution in [0.5, 0.6) is 0 Å². The topological polar surface area (TPSA) is 25.9 Å². The van der Waals surface area contributed by atoms with E-state index in [1.807, 2.05) is 36.4 Å². The maximum absolute atomic E-state index is 13.1. The number of hydrogen-bond donors (Lipinski definition) is 0. The Labute approximate surface area is 175 Å². The fraction of sp³-hybridized carbons (Fsp3) is 0.167. The van der Waals surface area contributed by atoms with E-state index in [9.17, 15) is 4.79 Å². The lowest BCUT2D eigenvalue weighted by atomic mass is 10.0. The van der Waals surface area contributed by atoms with E-state index < -0.39 is 0 Å². The van der Waals surface area contributed by atoms with Gasteiger partial charge in [0, 0.05) is 11.1 Å². The molecule has 3 nitrogen and oxygen atoms in total. The van der Waals surface area contributed by atoms with Crippen molar-refractivity contribution in [2.45, 2.75) is 25.9 Å². The van der Waals surface area contributed by atoms with Gasteiger partial charge in [-0.2, -0.15) is 0 Å². The van der Waals surface area contributed by atoms with E-state index in [4.69, 9.17) is 0 Å². The molecule has 0 bridgehead atoms. The van der Waals surface area contributed by atoms with Gasteiger partial charge < -0.3 is 17.0 Å². The summed E-state index contributed by atoms with van der Waals surface area (Å²) in [6.45, 7) is 1.41. The molecule has 1 aliphatic heterocycles. The van der Waals surface area contributed by atoms with Crippen LogP contribution in [0.25, 0.3) is 22.0 Å². The molecule has 0 aliphatic carbocycles. The van der Waals surface area contributed by atoms with Crippen LogP contribution in [0.15, 0.2) is 79.0 Å². The predicted octanol–water partition coefficient (Wildman–Crippen LogP) is 1.43. The minimum Gasteiger partial charge on any atom is -1.00 e. The van der Waals surface area contributed by atoms with Crippen LogP contribution in [-0.4, -0.2) is 10.4 Å². The minimum absolute atomic E-state index is 0. The zero-order chi connectivity index (χ0) is 18.2. The number of benzene rings is 3. The number of ketones is 1. The molecule has 0 N–H and O–H groups in total. The highest BCUT2D eigenvalue weighted by Gasteiger charge is 2.29. The van der Waals surface area contributed by atoms with Crippen LogP contribution in [0, 0.1) is 0 Å². The van der Waals surface area contributed by atoms with Gasteiger partial charge in [0.25, 0.3) is 5.82 Å². The van der Waals surface area contributed by atoms with Crippen LogP contribution in [-0.2, 0) is 19.5 Å². The summed E-state index contributed by atoms with van der Waals surface area (Å²) in [7, 11) is 0. The summed E-state index contributed by atoms with van der Waals surface area (Å²) in [4.78, 5) is 13.1. The molecular formula is C24H21BrN2O. The lowest BCUT2D eigenvalue weighted by molar-refractivity contribution is -0.689. The molecule has 0 amide bonds. The van der Waals surface area contributed by atoms with Gasteiger partial charge >= 0.3 is 0 Å². The Morgan fingerprint density at radius 2 is 1.68 bits per heavy atom. The lowest BCUT2D eigenvalue weighted by Crippen LogP contribution is -3.00. The van der Waals surface area contributed by atoms with Gasteiger partial charge in [-0.3, -0.25) is 4.79 Å². The number of carbonyl (C=O) groups is 1. The third kappa shape index (κ3) is 3.18. The number of aromatic nitrogens is 2. The summed E-state index contributed by atoms with van der Waals surface area (Å²) in [5.41, 5.74) is 3.21. The van der Waals surface area contributed by atoms with Gasteiger partial charge in [-0.25, -0.2) is 9.13 Å². The molecule has 1 aliphatic rings. The first-order chi connectivity index (χ1) is 13.3. The van der Waals surface area contributed by atoms with Crippen LogP contribution in [0.1, 0.15) is 22.6 Å². The van der Waals surface area contributed by atoms with Crippen LogP contribution in [0.4, 0.5) is 0 Å². The van der Waals surface area contributed by atoms with E-state index in [-0.39, 0.29) is 22.8 Å². The average molecular weight is 433 g/mol. The van der Waals surface area contributed by atoms with Crippen molar-refractivity contribution in [2.24, 2.45) is 0 Å². The number of carbonyl (C=O) groups excluding carboxylic acids is 1. The van der Waals surface area contributed by atoms with Gasteiger partial charge in [-0.1, -0.05) is 72.8 Å². The Hall–Kier alpha value is -2.72. The lowest BCUT2D eigenvalue weighted by Gasteiger charge is -2.05. The quantitative estimate of drug-likeness (QED) is 0.353. The average Bonchev–Trinajstić information content (AvgIpc) is 3.32. The number of hydrogen-bond acceptors (Lipinski definition) is 1. The number of Topliss-reactive ketones (excluding diaryl/α,β-unsaturated/α-hetero) is 1. The van der Waals surface area contributed by atoms with Gasteiger partial charge in [-0.15, -0.1) is 0 Å². The Kier molecular flexibility index (Phi) is 5.14. The number of fused-ring (bicyclic) bond motifs is 2. The van der Waals surface area contributed by atoms with Gasteiger partial charge in [0.2, 0.25) is 5.78 Å². The van der Waals surface area contributed by atoms with Gasteiger partial charge in [0.15, 0.2) is 12.2 Å². The largest absolute Gasteiger partial charge is 1.00 e. The van der Waals surface area contributed by atoms with Crippen LogP contribution in [0.2, 0.25) is 0 Å². The molecule has 0 saturated carbocycles. The minimum atomic E-state index is 0. The van der Waals surface area contributed by atoms with Gasteiger partial charge in [0.1, 0.15) is 6.20 Å². The molecule has 0 radical (unpaired) electrons. The SMILES string of the molecule is O=C(C[n+]1cc(-c2ccccc2)n2c1CCC2)c1cccc2ccccc12.[Br-]. The Balaban J connectivity index is 0.00000192. The van der Waals surface area contributed by atoms with E-state index in [1.165, 1.54) is 17.1 Å². The molecule has 0 fully saturated rings. The van der Waals surface area contributed by atoms with Crippen LogP contribution >= 0.6 is 0 Å². The molecule has 4 heteroatoms. The first-order valence-electron chi connectivity index (χ1n) is 9.49. The highest BCUT2D eigenvalue weighted by atomic mass is 79.9. The monoisotopic (exact) mass is 432 g/mol. The van der Waals surface area contributed by atoms with Crippen molar-refractivity contribution in [1.29, 1.82) is 0 Å². The third-order valence-electron chi connectivity index (χ3n) is 5.47. The zero-order valence-corrected chi connectivity index (χ0v) is 17.1. The smallest absolute Gasteiger partial charge is 0.257 e. The number of nitrogens with zero attached hydrogens (tertiary/aromatic N) is 2.